The SMILES string of the molecule is CCCNC(c1cc(F)ccc1C)C(C)c1ccncc1. The second-order valence-electron chi connectivity index (χ2n) is 5.50. The summed E-state index contributed by atoms with van der Waals surface area (Å²) in [4.78, 5) is 4.07. The molecule has 0 saturated carbocycles. The minimum absolute atomic E-state index is 0.100. The van der Waals surface area contributed by atoms with E-state index in [1.807, 2.05) is 25.1 Å². The van der Waals surface area contributed by atoms with Crippen LogP contribution in [0, 0.1) is 12.7 Å². The van der Waals surface area contributed by atoms with E-state index in [-0.39, 0.29) is 17.8 Å². The third kappa shape index (κ3) is 3.88. The lowest BCUT2D eigenvalue weighted by Gasteiger charge is -2.27. The van der Waals surface area contributed by atoms with E-state index in [1.165, 1.54) is 11.6 Å². The van der Waals surface area contributed by atoms with Crippen molar-refractivity contribution in [2.24, 2.45) is 0 Å². The van der Waals surface area contributed by atoms with E-state index in [9.17, 15) is 4.39 Å². The van der Waals surface area contributed by atoms with Crippen LogP contribution in [0.3, 0.4) is 0 Å². The zero-order valence-electron chi connectivity index (χ0n) is 12.9. The molecule has 0 fully saturated rings. The van der Waals surface area contributed by atoms with E-state index >= 15 is 0 Å². The molecule has 21 heavy (non-hydrogen) atoms. The Morgan fingerprint density at radius 1 is 1.19 bits per heavy atom. The van der Waals surface area contributed by atoms with Crippen molar-refractivity contribution < 1.29 is 4.39 Å². The Balaban J connectivity index is 2.36. The molecule has 112 valence electrons. The van der Waals surface area contributed by atoms with Gasteiger partial charge in [-0.2, -0.15) is 0 Å². The molecule has 1 aromatic heterocycles. The molecule has 0 bridgehead atoms. The van der Waals surface area contributed by atoms with Crippen LogP contribution in [0.25, 0.3) is 0 Å². The van der Waals surface area contributed by atoms with Gasteiger partial charge in [0.05, 0.1) is 0 Å². The molecule has 0 aliphatic heterocycles. The Morgan fingerprint density at radius 2 is 1.90 bits per heavy atom. The average Bonchev–Trinajstić information content (AvgIpc) is 2.51. The minimum Gasteiger partial charge on any atom is -0.309 e. The van der Waals surface area contributed by atoms with Crippen LogP contribution in [0.15, 0.2) is 42.7 Å². The summed E-state index contributed by atoms with van der Waals surface area (Å²) in [5, 5.41) is 3.56. The van der Waals surface area contributed by atoms with Gasteiger partial charge in [0.1, 0.15) is 5.82 Å². The van der Waals surface area contributed by atoms with Crippen molar-refractivity contribution in [1.82, 2.24) is 10.3 Å². The van der Waals surface area contributed by atoms with Crippen LogP contribution < -0.4 is 5.32 Å². The van der Waals surface area contributed by atoms with E-state index < -0.39 is 0 Å². The van der Waals surface area contributed by atoms with Crippen LogP contribution in [0.5, 0.6) is 0 Å². The smallest absolute Gasteiger partial charge is 0.123 e. The molecule has 0 spiro atoms. The van der Waals surface area contributed by atoms with Gasteiger partial charge in [-0.1, -0.05) is 19.9 Å². The summed E-state index contributed by atoms with van der Waals surface area (Å²) in [5.74, 6) is 0.0703. The second kappa shape index (κ2) is 7.32. The van der Waals surface area contributed by atoms with Gasteiger partial charge in [-0.3, -0.25) is 4.98 Å². The van der Waals surface area contributed by atoms with Crippen molar-refractivity contribution in [1.29, 1.82) is 0 Å². The largest absolute Gasteiger partial charge is 0.309 e. The predicted molar refractivity (Wildman–Crippen MR) is 84.8 cm³/mol. The van der Waals surface area contributed by atoms with Crippen molar-refractivity contribution >= 4 is 0 Å². The Hall–Kier alpha value is -1.74. The van der Waals surface area contributed by atoms with Crippen molar-refractivity contribution in [3.05, 3.63) is 65.2 Å². The van der Waals surface area contributed by atoms with Gasteiger partial charge in [-0.25, -0.2) is 4.39 Å². The Kier molecular flexibility index (Phi) is 5.45. The maximum absolute atomic E-state index is 13.7. The predicted octanol–water partition coefficient (Wildman–Crippen LogP) is 4.37. The molecule has 0 aliphatic rings. The number of aromatic nitrogens is 1. The molecule has 0 aliphatic carbocycles. The number of halogens is 1. The number of benzene rings is 1. The molecule has 2 unspecified atom stereocenters. The molecule has 2 rings (SSSR count). The fraction of sp³-hybridized carbons (Fsp3) is 0.389. The summed E-state index contributed by atoms with van der Waals surface area (Å²) >= 11 is 0. The van der Waals surface area contributed by atoms with E-state index in [0.717, 1.165) is 24.1 Å². The van der Waals surface area contributed by atoms with Gasteiger partial charge in [-0.15, -0.1) is 0 Å². The van der Waals surface area contributed by atoms with Crippen molar-refractivity contribution in [2.45, 2.75) is 39.2 Å². The molecule has 1 N–H and O–H groups in total. The maximum Gasteiger partial charge on any atom is 0.123 e. The molecule has 2 nitrogen and oxygen atoms in total. The van der Waals surface area contributed by atoms with Crippen LogP contribution in [0.2, 0.25) is 0 Å². The van der Waals surface area contributed by atoms with E-state index in [0.29, 0.717) is 0 Å². The molecule has 1 heterocycles. The lowest BCUT2D eigenvalue weighted by Crippen LogP contribution is -2.27. The van der Waals surface area contributed by atoms with Crippen molar-refractivity contribution in [3.8, 4) is 0 Å². The third-order valence-electron chi connectivity index (χ3n) is 3.92. The molecule has 2 atom stereocenters. The van der Waals surface area contributed by atoms with Crippen LogP contribution in [-0.4, -0.2) is 11.5 Å². The first-order valence-corrected chi connectivity index (χ1v) is 7.52. The number of pyridine rings is 1. The fourth-order valence-corrected chi connectivity index (χ4v) is 2.66. The number of rotatable bonds is 6. The molecular formula is C18H23FN2. The first-order valence-electron chi connectivity index (χ1n) is 7.52. The monoisotopic (exact) mass is 286 g/mol. The van der Waals surface area contributed by atoms with Gasteiger partial charge >= 0.3 is 0 Å². The van der Waals surface area contributed by atoms with Crippen molar-refractivity contribution in [2.75, 3.05) is 6.54 Å². The molecule has 3 heteroatoms. The normalized spacial score (nSPS) is 13.9. The molecular weight excluding hydrogens is 263 g/mol. The number of nitrogens with zero attached hydrogens (tertiary/aromatic N) is 1. The Bertz CT molecular complexity index is 569. The topological polar surface area (TPSA) is 24.9 Å². The summed E-state index contributed by atoms with van der Waals surface area (Å²) in [6.07, 6.45) is 4.66. The highest BCUT2D eigenvalue weighted by atomic mass is 19.1. The highest BCUT2D eigenvalue weighted by molar-refractivity contribution is 5.33. The first-order chi connectivity index (χ1) is 10.1. The van der Waals surface area contributed by atoms with Gasteiger partial charge in [-0.05, 0) is 60.8 Å². The molecule has 2 aromatic rings. The summed E-state index contributed by atoms with van der Waals surface area (Å²) < 4.78 is 13.7. The maximum atomic E-state index is 13.7. The number of hydrogen-bond acceptors (Lipinski definition) is 2. The Labute approximate surface area is 126 Å². The van der Waals surface area contributed by atoms with Gasteiger partial charge in [0.25, 0.3) is 0 Å². The van der Waals surface area contributed by atoms with E-state index in [1.54, 1.807) is 18.5 Å². The van der Waals surface area contributed by atoms with Crippen LogP contribution in [0.1, 0.15) is 48.9 Å². The standard InChI is InChI=1S/C18H23FN2/c1-4-9-21-18(14(3)15-7-10-20-11-8-15)17-12-16(19)6-5-13(17)2/h5-8,10-12,14,18,21H,4,9H2,1-3H3. The van der Waals surface area contributed by atoms with Gasteiger partial charge in [0.2, 0.25) is 0 Å². The third-order valence-corrected chi connectivity index (χ3v) is 3.92. The van der Waals surface area contributed by atoms with Crippen LogP contribution in [-0.2, 0) is 0 Å². The molecule has 0 saturated heterocycles. The van der Waals surface area contributed by atoms with Gasteiger partial charge < -0.3 is 5.32 Å². The summed E-state index contributed by atoms with van der Waals surface area (Å²) in [7, 11) is 0. The van der Waals surface area contributed by atoms with E-state index in [4.69, 9.17) is 0 Å². The summed E-state index contributed by atoms with van der Waals surface area (Å²) in [6.45, 7) is 7.26. The number of nitrogens with one attached hydrogen (secondary N) is 1. The number of aryl methyl sites for hydroxylation is 1. The molecule has 0 amide bonds. The summed E-state index contributed by atoms with van der Waals surface area (Å²) in [5.41, 5.74) is 3.36. The molecule has 0 radical (unpaired) electrons. The van der Waals surface area contributed by atoms with Crippen LogP contribution in [0.4, 0.5) is 4.39 Å². The highest BCUT2D eigenvalue weighted by Crippen LogP contribution is 2.32. The lowest BCUT2D eigenvalue weighted by molar-refractivity contribution is 0.461. The lowest BCUT2D eigenvalue weighted by atomic mass is 9.87. The first kappa shape index (κ1) is 15.6. The van der Waals surface area contributed by atoms with E-state index in [2.05, 4.69) is 24.1 Å². The zero-order chi connectivity index (χ0) is 15.2. The van der Waals surface area contributed by atoms with Gasteiger partial charge in [0.15, 0.2) is 0 Å². The Morgan fingerprint density at radius 3 is 2.57 bits per heavy atom. The number of hydrogen-bond donors (Lipinski definition) is 1. The van der Waals surface area contributed by atoms with Gasteiger partial charge in [0, 0.05) is 24.4 Å². The zero-order valence-corrected chi connectivity index (χ0v) is 12.9. The molecule has 1 aromatic carbocycles. The fourth-order valence-electron chi connectivity index (χ4n) is 2.66. The highest BCUT2D eigenvalue weighted by Gasteiger charge is 2.22. The average molecular weight is 286 g/mol. The second-order valence-corrected chi connectivity index (χ2v) is 5.50. The minimum atomic E-state index is -0.180. The summed E-state index contributed by atoms with van der Waals surface area (Å²) in [6, 6.07) is 9.18. The quantitative estimate of drug-likeness (QED) is 0.852. The van der Waals surface area contributed by atoms with Crippen LogP contribution >= 0.6 is 0 Å². The van der Waals surface area contributed by atoms with Crippen molar-refractivity contribution in [3.63, 3.8) is 0 Å².